The summed E-state index contributed by atoms with van der Waals surface area (Å²) in [7, 11) is 0. The van der Waals surface area contributed by atoms with Crippen LogP contribution in [0.2, 0.25) is 0 Å². The molecule has 2 rings (SSSR count). The van der Waals surface area contributed by atoms with Crippen molar-refractivity contribution in [2.45, 2.75) is 58.8 Å². The lowest BCUT2D eigenvalue weighted by Crippen LogP contribution is -2.47. The number of amides is 1. The zero-order valence-electron chi connectivity index (χ0n) is 14.6. The maximum absolute atomic E-state index is 11.2. The number of aliphatic imine (C=N–C) groups is 1. The summed E-state index contributed by atoms with van der Waals surface area (Å²) < 4.78 is 0. The first-order valence-corrected chi connectivity index (χ1v) is 8.84. The molecule has 1 aliphatic carbocycles. The highest BCUT2D eigenvalue weighted by atomic mass is 127. The summed E-state index contributed by atoms with van der Waals surface area (Å²) in [5.74, 6) is 1.20. The normalized spacial score (nSPS) is 24.2. The number of halogens is 1. The van der Waals surface area contributed by atoms with Gasteiger partial charge in [-0.05, 0) is 43.9 Å². The van der Waals surface area contributed by atoms with E-state index in [0.717, 1.165) is 45.0 Å². The molecule has 1 atom stereocenters. The molecule has 0 bridgehead atoms. The quantitative estimate of drug-likeness (QED) is 0.396. The highest BCUT2D eigenvalue weighted by Gasteiger charge is 2.29. The molecular formula is C17H33IN4O. The van der Waals surface area contributed by atoms with Gasteiger partial charge in [0.2, 0.25) is 5.91 Å². The van der Waals surface area contributed by atoms with Gasteiger partial charge < -0.3 is 16.0 Å². The summed E-state index contributed by atoms with van der Waals surface area (Å²) in [6.45, 7) is 8.18. The molecule has 1 aliphatic heterocycles. The van der Waals surface area contributed by atoms with Gasteiger partial charge in [0.15, 0.2) is 5.96 Å². The molecule has 0 spiro atoms. The molecule has 1 heterocycles. The number of primary amides is 1. The number of hydrogen-bond donors (Lipinski definition) is 2. The zero-order chi connectivity index (χ0) is 16.0. The molecule has 5 nitrogen and oxygen atoms in total. The Morgan fingerprint density at radius 1 is 1.35 bits per heavy atom. The topological polar surface area (TPSA) is 70.7 Å². The number of hydrogen-bond acceptors (Lipinski definition) is 2. The number of likely N-dealkylation sites (tertiary alicyclic amines) is 1. The third-order valence-electron chi connectivity index (χ3n) is 5.06. The molecule has 1 amide bonds. The van der Waals surface area contributed by atoms with Crippen LogP contribution < -0.4 is 11.1 Å². The minimum absolute atomic E-state index is 0. The van der Waals surface area contributed by atoms with Gasteiger partial charge in [-0.2, -0.15) is 0 Å². The van der Waals surface area contributed by atoms with Crippen LogP contribution in [-0.2, 0) is 4.79 Å². The molecule has 0 aromatic heterocycles. The van der Waals surface area contributed by atoms with Crippen molar-refractivity contribution < 1.29 is 4.79 Å². The summed E-state index contributed by atoms with van der Waals surface area (Å²) in [4.78, 5) is 18.4. The highest BCUT2D eigenvalue weighted by Crippen LogP contribution is 2.37. The fourth-order valence-electron chi connectivity index (χ4n) is 3.79. The van der Waals surface area contributed by atoms with E-state index in [-0.39, 0.29) is 29.9 Å². The Hall–Kier alpha value is -0.530. The van der Waals surface area contributed by atoms with Gasteiger partial charge in [0.25, 0.3) is 0 Å². The summed E-state index contributed by atoms with van der Waals surface area (Å²) in [5.41, 5.74) is 5.74. The van der Waals surface area contributed by atoms with E-state index in [0.29, 0.717) is 17.8 Å². The number of nitrogens with one attached hydrogen (secondary N) is 1. The van der Waals surface area contributed by atoms with Crippen LogP contribution in [0.3, 0.4) is 0 Å². The third kappa shape index (κ3) is 6.47. The summed E-state index contributed by atoms with van der Waals surface area (Å²) in [6.07, 6.45) is 7.96. The average molecular weight is 436 g/mol. The van der Waals surface area contributed by atoms with Crippen LogP contribution in [0.15, 0.2) is 4.99 Å². The monoisotopic (exact) mass is 436 g/mol. The average Bonchev–Trinajstić information content (AvgIpc) is 2.90. The number of piperidine rings is 1. The Kier molecular flexibility index (Phi) is 8.64. The second kappa shape index (κ2) is 9.69. The highest BCUT2D eigenvalue weighted by molar-refractivity contribution is 14.0. The first-order chi connectivity index (χ1) is 10.5. The molecule has 0 aromatic carbocycles. The van der Waals surface area contributed by atoms with E-state index in [1.807, 2.05) is 0 Å². The van der Waals surface area contributed by atoms with Crippen LogP contribution in [-0.4, -0.2) is 42.9 Å². The number of nitrogens with zero attached hydrogens (tertiary/aromatic N) is 2. The molecule has 23 heavy (non-hydrogen) atoms. The molecule has 1 saturated heterocycles. The summed E-state index contributed by atoms with van der Waals surface area (Å²) in [5, 5.41) is 3.43. The van der Waals surface area contributed by atoms with Gasteiger partial charge in [-0.3, -0.25) is 9.79 Å². The van der Waals surface area contributed by atoms with Gasteiger partial charge in [0.05, 0.1) is 0 Å². The molecular weight excluding hydrogens is 403 g/mol. The van der Waals surface area contributed by atoms with Crippen LogP contribution >= 0.6 is 24.0 Å². The smallest absolute Gasteiger partial charge is 0.217 e. The van der Waals surface area contributed by atoms with Gasteiger partial charge in [-0.1, -0.05) is 19.8 Å². The Balaban J connectivity index is 0.00000264. The molecule has 134 valence electrons. The van der Waals surface area contributed by atoms with Gasteiger partial charge in [0, 0.05) is 32.6 Å². The van der Waals surface area contributed by atoms with Crippen molar-refractivity contribution in [3.63, 3.8) is 0 Å². The SMILES string of the molecule is CCNC(=NCC1(C)CCCC1)N1CCCC(CC(N)=O)C1.I. The number of guanidine groups is 1. The van der Waals surface area contributed by atoms with E-state index >= 15 is 0 Å². The van der Waals surface area contributed by atoms with Crippen LogP contribution in [0.4, 0.5) is 0 Å². The fraction of sp³-hybridized carbons (Fsp3) is 0.882. The number of nitrogens with two attached hydrogens (primary N) is 1. The van der Waals surface area contributed by atoms with E-state index in [9.17, 15) is 4.79 Å². The van der Waals surface area contributed by atoms with Crippen molar-refractivity contribution in [3.05, 3.63) is 0 Å². The maximum Gasteiger partial charge on any atom is 0.217 e. The lowest BCUT2D eigenvalue weighted by molar-refractivity contribution is -0.119. The van der Waals surface area contributed by atoms with E-state index < -0.39 is 0 Å². The molecule has 1 unspecified atom stereocenters. The van der Waals surface area contributed by atoms with Crippen LogP contribution in [0.1, 0.15) is 58.8 Å². The van der Waals surface area contributed by atoms with Crippen LogP contribution in [0.5, 0.6) is 0 Å². The maximum atomic E-state index is 11.2. The van der Waals surface area contributed by atoms with Gasteiger partial charge in [0.1, 0.15) is 0 Å². The van der Waals surface area contributed by atoms with Crippen LogP contribution in [0, 0.1) is 11.3 Å². The van der Waals surface area contributed by atoms with Crippen molar-refractivity contribution >= 4 is 35.8 Å². The lowest BCUT2D eigenvalue weighted by atomic mass is 9.89. The first-order valence-electron chi connectivity index (χ1n) is 8.84. The summed E-state index contributed by atoms with van der Waals surface area (Å²) in [6, 6.07) is 0. The predicted octanol–water partition coefficient (Wildman–Crippen LogP) is 2.74. The second-order valence-corrected chi connectivity index (χ2v) is 7.31. The zero-order valence-corrected chi connectivity index (χ0v) is 17.0. The van der Waals surface area contributed by atoms with E-state index in [4.69, 9.17) is 10.7 Å². The Bertz CT molecular complexity index is 407. The van der Waals surface area contributed by atoms with Crippen LogP contribution in [0.25, 0.3) is 0 Å². The molecule has 0 radical (unpaired) electrons. The molecule has 3 N–H and O–H groups in total. The first kappa shape index (κ1) is 20.5. The van der Waals surface area contributed by atoms with Crippen molar-refractivity contribution in [1.29, 1.82) is 0 Å². The van der Waals surface area contributed by atoms with Crippen molar-refractivity contribution in [3.8, 4) is 0 Å². The molecule has 1 saturated carbocycles. The van der Waals surface area contributed by atoms with Crippen molar-refractivity contribution in [1.82, 2.24) is 10.2 Å². The number of carbonyl (C=O) groups excluding carboxylic acids is 1. The largest absolute Gasteiger partial charge is 0.370 e. The molecule has 6 heteroatoms. The molecule has 2 aliphatic rings. The van der Waals surface area contributed by atoms with E-state index in [2.05, 4.69) is 24.1 Å². The second-order valence-electron chi connectivity index (χ2n) is 7.31. The summed E-state index contributed by atoms with van der Waals surface area (Å²) >= 11 is 0. The fourth-order valence-corrected chi connectivity index (χ4v) is 3.79. The van der Waals surface area contributed by atoms with Crippen molar-refractivity contribution in [2.24, 2.45) is 22.1 Å². The lowest BCUT2D eigenvalue weighted by Gasteiger charge is -2.35. The number of rotatable bonds is 5. The number of carbonyl (C=O) groups is 1. The molecule has 2 fully saturated rings. The van der Waals surface area contributed by atoms with Crippen molar-refractivity contribution in [2.75, 3.05) is 26.2 Å². The van der Waals surface area contributed by atoms with Gasteiger partial charge in [-0.25, -0.2) is 0 Å². The van der Waals surface area contributed by atoms with E-state index in [1.54, 1.807) is 0 Å². The Morgan fingerprint density at radius 2 is 2.04 bits per heavy atom. The molecule has 0 aromatic rings. The standard InChI is InChI=1S/C17H32N4O.HI/c1-3-19-16(20-13-17(2)8-4-5-9-17)21-10-6-7-14(12-21)11-15(18)22;/h14H,3-13H2,1-2H3,(H2,18,22)(H,19,20);1H. The van der Waals surface area contributed by atoms with Gasteiger partial charge >= 0.3 is 0 Å². The minimum Gasteiger partial charge on any atom is -0.370 e. The third-order valence-corrected chi connectivity index (χ3v) is 5.06. The minimum atomic E-state index is -0.188. The Morgan fingerprint density at radius 3 is 2.65 bits per heavy atom. The van der Waals surface area contributed by atoms with Gasteiger partial charge in [-0.15, -0.1) is 24.0 Å². The predicted molar refractivity (Wildman–Crippen MR) is 106 cm³/mol. The van der Waals surface area contributed by atoms with E-state index in [1.165, 1.54) is 25.7 Å². The Labute approximate surface area is 157 Å².